The van der Waals surface area contributed by atoms with E-state index < -0.39 is 12.5 Å². The van der Waals surface area contributed by atoms with Crippen LogP contribution in [0.3, 0.4) is 0 Å². The van der Waals surface area contributed by atoms with E-state index in [2.05, 4.69) is 4.74 Å². The summed E-state index contributed by atoms with van der Waals surface area (Å²) in [5.74, 6) is 0. The molecule has 0 fully saturated rings. The number of hydrogen-bond acceptors (Lipinski definition) is 1. The second-order valence-electron chi connectivity index (χ2n) is 3.18. The lowest BCUT2D eigenvalue weighted by molar-refractivity contribution is -0.337. The summed E-state index contributed by atoms with van der Waals surface area (Å²) in [7, 11) is 0. The molecule has 0 bridgehead atoms. The van der Waals surface area contributed by atoms with Gasteiger partial charge in [-0.25, -0.2) is 0 Å². The first-order valence-corrected chi connectivity index (χ1v) is 3.97. The van der Waals surface area contributed by atoms with E-state index in [1.807, 2.05) is 6.08 Å². The molecule has 0 aromatic rings. The minimum Gasteiger partial charge on any atom is -0.284 e. The van der Waals surface area contributed by atoms with Crippen LogP contribution in [-0.2, 0) is 4.74 Å². The zero-order valence-electron chi connectivity index (χ0n) is 7.48. The van der Waals surface area contributed by atoms with Crippen LogP contribution in [0.4, 0.5) is 13.2 Å². The molecular weight excluding hydrogens is 181 g/mol. The van der Waals surface area contributed by atoms with Gasteiger partial charge in [0, 0.05) is 0 Å². The fourth-order valence-electron chi connectivity index (χ4n) is 1.20. The Kier molecular flexibility index (Phi) is 2.81. The summed E-state index contributed by atoms with van der Waals surface area (Å²) in [6.07, 6.45) is -1.59. The number of rotatable bonds is 1. The number of allylic oxidation sites excluding steroid dienone is 2. The molecule has 0 amide bonds. The number of halogens is 3. The van der Waals surface area contributed by atoms with Crippen molar-refractivity contribution in [2.45, 2.75) is 32.7 Å². The summed E-state index contributed by atoms with van der Waals surface area (Å²) in [6, 6.07) is 0. The summed E-state index contributed by atoms with van der Waals surface area (Å²) >= 11 is 0. The van der Waals surface area contributed by atoms with Crippen molar-refractivity contribution < 1.29 is 17.9 Å². The quantitative estimate of drug-likeness (QED) is 0.620. The molecule has 0 spiro atoms. The summed E-state index contributed by atoms with van der Waals surface area (Å²) in [5.41, 5.74) is 1.52. The van der Waals surface area contributed by atoms with Crippen molar-refractivity contribution in [1.82, 2.24) is 0 Å². The van der Waals surface area contributed by atoms with Crippen LogP contribution in [0.15, 0.2) is 23.3 Å². The molecular formula is C9H11F3O. The van der Waals surface area contributed by atoms with Crippen LogP contribution >= 0.6 is 0 Å². The fourth-order valence-corrected chi connectivity index (χ4v) is 1.20. The molecule has 74 valence electrons. The van der Waals surface area contributed by atoms with Crippen LogP contribution < -0.4 is 0 Å². The van der Waals surface area contributed by atoms with Gasteiger partial charge in [0.25, 0.3) is 0 Å². The molecule has 1 unspecified atom stereocenters. The largest absolute Gasteiger partial charge is 0.523 e. The first-order chi connectivity index (χ1) is 5.88. The molecule has 1 rings (SSSR count). The van der Waals surface area contributed by atoms with Gasteiger partial charge in [0.2, 0.25) is 0 Å². The minimum atomic E-state index is -4.54. The first kappa shape index (κ1) is 10.3. The maximum absolute atomic E-state index is 11.9. The van der Waals surface area contributed by atoms with Crippen molar-refractivity contribution in [3.63, 3.8) is 0 Å². The highest BCUT2D eigenvalue weighted by molar-refractivity contribution is 5.25. The normalized spacial score (nSPS) is 23.9. The molecule has 4 heteroatoms. The Hall–Kier alpha value is -0.770. The van der Waals surface area contributed by atoms with E-state index in [-0.39, 0.29) is 0 Å². The Morgan fingerprint density at radius 3 is 2.46 bits per heavy atom. The minimum absolute atomic E-state index is 0.321. The smallest absolute Gasteiger partial charge is 0.284 e. The molecule has 1 aliphatic carbocycles. The number of alkyl halides is 3. The van der Waals surface area contributed by atoms with Gasteiger partial charge in [-0.05, 0) is 25.8 Å². The molecule has 0 aromatic heterocycles. The van der Waals surface area contributed by atoms with E-state index >= 15 is 0 Å². The van der Waals surface area contributed by atoms with Gasteiger partial charge in [-0.2, -0.15) is 0 Å². The maximum atomic E-state index is 11.9. The van der Waals surface area contributed by atoms with Gasteiger partial charge in [0.15, 0.2) is 0 Å². The molecule has 1 atom stereocenters. The summed E-state index contributed by atoms with van der Waals surface area (Å²) in [4.78, 5) is 0. The molecule has 0 saturated carbocycles. The van der Waals surface area contributed by atoms with Crippen molar-refractivity contribution in [3.8, 4) is 0 Å². The predicted molar refractivity (Wildman–Crippen MR) is 43.1 cm³/mol. The molecule has 1 aliphatic rings. The molecule has 0 radical (unpaired) electrons. The van der Waals surface area contributed by atoms with E-state index in [9.17, 15) is 13.2 Å². The van der Waals surface area contributed by atoms with E-state index in [1.165, 1.54) is 0 Å². The Morgan fingerprint density at radius 2 is 1.92 bits per heavy atom. The third-order valence-corrected chi connectivity index (χ3v) is 1.92. The Morgan fingerprint density at radius 1 is 1.31 bits per heavy atom. The van der Waals surface area contributed by atoms with Crippen molar-refractivity contribution in [2.75, 3.05) is 0 Å². The van der Waals surface area contributed by atoms with Gasteiger partial charge in [-0.3, -0.25) is 4.74 Å². The van der Waals surface area contributed by atoms with Gasteiger partial charge in [-0.15, -0.1) is 13.2 Å². The third kappa shape index (κ3) is 3.22. The van der Waals surface area contributed by atoms with Crippen LogP contribution in [0.25, 0.3) is 0 Å². The van der Waals surface area contributed by atoms with Crippen molar-refractivity contribution in [3.05, 3.63) is 23.3 Å². The average Bonchev–Trinajstić information content (AvgIpc) is 1.94. The SMILES string of the molecule is CC1=CC=C(C)C(OC(F)(F)F)C1. The van der Waals surface area contributed by atoms with Crippen LogP contribution in [0.1, 0.15) is 20.3 Å². The molecule has 0 heterocycles. The zero-order valence-corrected chi connectivity index (χ0v) is 7.48. The Balaban J connectivity index is 2.64. The molecule has 0 saturated heterocycles. The third-order valence-electron chi connectivity index (χ3n) is 1.92. The highest BCUT2D eigenvalue weighted by Gasteiger charge is 2.34. The summed E-state index contributed by atoms with van der Waals surface area (Å²) in [5, 5.41) is 0. The number of hydrogen-bond donors (Lipinski definition) is 0. The fraction of sp³-hybridized carbons (Fsp3) is 0.556. The number of ether oxygens (including phenoxy) is 1. The van der Waals surface area contributed by atoms with E-state index in [0.29, 0.717) is 12.0 Å². The summed E-state index contributed by atoms with van der Waals surface area (Å²) < 4.78 is 39.6. The highest BCUT2D eigenvalue weighted by atomic mass is 19.4. The van der Waals surface area contributed by atoms with Crippen LogP contribution in [0.2, 0.25) is 0 Å². The average molecular weight is 192 g/mol. The molecule has 0 aliphatic heterocycles. The van der Waals surface area contributed by atoms with Gasteiger partial charge in [0.05, 0.1) is 6.10 Å². The van der Waals surface area contributed by atoms with Crippen LogP contribution in [0.5, 0.6) is 0 Å². The zero-order chi connectivity index (χ0) is 10.1. The van der Waals surface area contributed by atoms with Crippen LogP contribution in [-0.4, -0.2) is 12.5 Å². The van der Waals surface area contributed by atoms with Crippen molar-refractivity contribution in [1.29, 1.82) is 0 Å². The molecule has 1 nitrogen and oxygen atoms in total. The van der Waals surface area contributed by atoms with Crippen molar-refractivity contribution >= 4 is 0 Å². The topological polar surface area (TPSA) is 9.23 Å². The second-order valence-corrected chi connectivity index (χ2v) is 3.18. The summed E-state index contributed by atoms with van der Waals surface area (Å²) in [6.45, 7) is 3.43. The lowest BCUT2D eigenvalue weighted by Crippen LogP contribution is -2.26. The molecule has 13 heavy (non-hydrogen) atoms. The van der Waals surface area contributed by atoms with Gasteiger partial charge in [-0.1, -0.05) is 17.7 Å². The lowest BCUT2D eigenvalue weighted by Gasteiger charge is -2.22. The van der Waals surface area contributed by atoms with Gasteiger partial charge >= 0.3 is 6.36 Å². The van der Waals surface area contributed by atoms with E-state index in [1.54, 1.807) is 19.9 Å². The Labute approximate surface area is 74.9 Å². The van der Waals surface area contributed by atoms with Gasteiger partial charge < -0.3 is 0 Å². The standard InChI is InChI=1S/C9H11F3O/c1-6-3-4-7(2)8(5-6)13-9(10,11)12/h3-4,8H,5H2,1-2H3. The first-order valence-electron chi connectivity index (χ1n) is 3.97. The Bertz CT molecular complexity index is 250. The highest BCUT2D eigenvalue weighted by Crippen LogP contribution is 2.28. The predicted octanol–water partition coefficient (Wildman–Crippen LogP) is 3.19. The monoisotopic (exact) mass is 192 g/mol. The van der Waals surface area contributed by atoms with Crippen molar-refractivity contribution in [2.24, 2.45) is 0 Å². The van der Waals surface area contributed by atoms with Crippen LogP contribution in [0, 0.1) is 0 Å². The second kappa shape index (κ2) is 3.54. The molecule has 0 N–H and O–H groups in total. The van der Waals surface area contributed by atoms with E-state index in [4.69, 9.17) is 0 Å². The van der Waals surface area contributed by atoms with E-state index in [0.717, 1.165) is 5.57 Å². The lowest BCUT2D eigenvalue weighted by atomic mass is 9.98. The van der Waals surface area contributed by atoms with Gasteiger partial charge in [0.1, 0.15) is 0 Å². The maximum Gasteiger partial charge on any atom is 0.523 e. The molecule has 0 aromatic carbocycles.